The summed E-state index contributed by atoms with van der Waals surface area (Å²) in [7, 11) is 1.92. The van der Waals surface area contributed by atoms with E-state index in [-0.39, 0.29) is 23.8 Å². The number of likely N-dealkylation sites (N-methyl/N-ethyl adjacent to an activating group) is 1. The van der Waals surface area contributed by atoms with Crippen LogP contribution in [0.25, 0.3) is 0 Å². The van der Waals surface area contributed by atoms with E-state index in [2.05, 4.69) is 0 Å². The number of piperidine rings is 1. The van der Waals surface area contributed by atoms with Gasteiger partial charge in [-0.1, -0.05) is 18.2 Å². The largest absolute Gasteiger partial charge is 0.492 e. The lowest BCUT2D eigenvalue weighted by Crippen LogP contribution is -2.51. The second-order valence-corrected chi connectivity index (χ2v) is 6.80. The Hall–Kier alpha value is -2.08. The van der Waals surface area contributed by atoms with E-state index in [9.17, 15) is 9.59 Å². The van der Waals surface area contributed by atoms with Crippen LogP contribution in [-0.2, 0) is 9.59 Å². The van der Waals surface area contributed by atoms with Gasteiger partial charge in [-0.15, -0.1) is 0 Å². The first-order valence-corrected chi connectivity index (χ1v) is 8.87. The number of carbonyl (C=O) groups excluding carboxylic acids is 2. The van der Waals surface area contributed by atoms with E-state index in [1.54, 1.807) is 4.90 Å². The van der Waals surface area contributed by atoms with Gasteiger partial charge in [0.2, 0.25) is 11.8 Å². The summed E-state index contributed by atoms with van der Waals surface area (Å²) in [5.74, 6) is 0.379. The summed E-state index contributed by atoms with van der Waals surface area (Å²) >= 11 is 0. The summed E-state index contributed by atoms with van der Waals surface area (Å²) in [6, 6.07) is 7.63. The van der Waals surface area contributed by atoms with Crippen LogP contribution in [0.2, 0.25) is 0 Å². The molecule has 1 aromatic rings. The molecular formula is C19H29N3O3. The number of nitrogens with two attached hydrogens (primary N) is 1. The molecular weight excluding hydrogens is 318 g/mol. The molecule has 1 aliphatic rings. The van der Waals surface area contributed by atoms with Crippen molar-refractivity contribution in [3.05, 3.63) is 29.8 Å². The van der Waals surface area contributed by atoms with Crippen molar-refractivity contribution in [3.8, 4) is 5.75 Å². The molecule has 25 heavy (non-hydrogen) atoms. The Balaban J connectivity index is 1.82. The fourth-order valence-corrected chi connectivity index (χ4v) is 3.07. The zero-order valence-corrected chi connectivity index (χ0v) is 15.4. The Kier molecular flexibility index (Phi) is 6.82. The number of aryl methyl sites for hydroxylation is 1. The van der Waals surface area contributed by atoms with Crippen LogP contribution in [0.15, 0.2) is 24.3 Å². The fraction of sp³-hybridized carbons (Fsp3) is 0.579. The average molecular weight is 347 g/mol. The number of primary amides is 1. The van der Waals surface area contributed by atoms with Crippen molar-refractivity contribution in [2.45, 2.75) is 32.7 Å². The third kappa shape index (κ3) is 5.19. The molecule has 138 valence electrons. The van der Waals surface area contributed by atoms with Gasteiger partial charge < -0.3 is 15.4 Å². The number of likely N-dealkylation sites (tertiary alicyclic amines) is 1. The zero-order valence-electron chi connectivity index (χ0n) is 15.4. The minimum atomic E-state index is -0.315. The predicted molar refractivity (Wildman–Crippen MR) is 97.3 cm³/mol. The normalized spacial score (nSPS) is 18.9. The highest BCUT2D eigenvalue weighted by Crippen LogP contribution is 2.18. The molecule has 1 aliphatic heterocycles. The molecule has 1 heterocycles. The second kappa shape index (κ2) is 8.85. The van der Waals surface area contributed by atoms with Crippen molar-refractivity contribution in [2.75, 3.05) is 33.3 Å². The summed E-state index contributed by atoms with van der Waals surface area (Å²) in [5, 5.41) is 0. The van der Waals surface area contributed by atoms with Crippen LogP contribution in [0.5, 0.6) is 5.75 Å². The summed E-state index contributed by atoms with van der Waals surface area (Å²) in [4.78, 5) is 27.8. The molecule has 2 amide bonds. The molecule has 2 rings (SSSR count). The van der Waals surface area contributed by atoms with Gasteiger partial charge in [0.25, 0.3) is 0 Å². The number of nitrogens with zero attached hydrogens (tertiary/aromatic N) is 2. The number of hydrogen-bond donors (Lipinski definition) is 1. The summed E-state index contributed by atoms with van der Waals surface area (Å²) < 4.78 is 5.80. The highest BCUT2D eigenvalue weighted by Gasteiger charge is 2.30. The minimum Gasteiger partial charge on any atom is -0.492 e. The van der Waals surface area contributed by atoms with E-state index in [1.165, 1.54) is 0 Å². The Morgan fingerprint density at radius 1 is 1.40 bits per heavy atom. The van der Waals surface area contributed by atoms with Gasteiger partial charge >= 0.3 is 0 Å². The fourth-order valence-electron chi connectivity index (χ4n) is 3.07. The summed E-state index contributed by atoms with van der Waals surface area (Å²) in [5.41, 5.74) is 6.49. The van der Waals surface area contributed by atoms with Crippen molar-refractivity contribution >= 4 is 11.8 Å². The minimum absolute atomic E-state index is 0.0457. The van der Waals surface area contributed by atoms with Crippen LogP contribution in [0.4, 0.5) is 0 Å². The van der Waals surface area contributed by atoms with E-state index < -0.39 is 0 Å². The predicted octanol–water partition coefficient (Wildman–Crippen LogP) is 1.42. The highest BCUT2D eigenvalue weighted by molar-refractivity contribution is 5.83. The number of amides is 2. The molecule has 0 aromatic heterocycles. The molecule has 0 aliphatic carbocycles. The maximum absolute atomic E-state index is 12.7. The standard InChI is InChI=1S/C19H29N3O3/c1-14-7-4-5-9-17(14)25-12-11-21(3)15(2)19(24)22-10-6-8-16(13-22)18(20)23/h4-5,7,9,15-16H,6,8,10-13H2,1-3H3,(H2,20,23)/t15-,16+/m0/s1. The van der Waals surface area contributed by atoms with Gasteiger partial charge in [0.1, 0.15) is 12.4 Å². The lowest BCUT2D eigenvalue weighted by molar-refractivity contribution is -0.139. The van der Waals surface area contributed by atoms with E-state index in [4.69, 9.17) is 10.5 Å². The van der Waals surface area contributed by atoms with Crippen LogP contribution in [0.3, 0.4) is 0 Å². The Morgan fingerprint density at radius 2 is 2.12 bits per heavy atom. The van der Waals surface area contributed by atoms with Gasteiger partial charge in [-0.05, 0) is 45.4 Å². The van der Waals surface area contributed by atoms with Crippen LogP contribution < -0.4 is 10.5 Å². The maximum atomic E-state index is 12.7. The number of carbonyl (C=O) groups is 2. The molecule has 0 saturated carbocycles. The van der Waals surface area contributed by atoms with Crippen molar-refractivity contribution in [1.29, 1.82) is 0 Å². The number of hydrogen-bond acceptors (Lipinski definition) is 4. The maximum Gasteiger partial charge on any atom is 0.239 e. The van der Waals surface area contributed by atoms with E-state index in [0.29, 0.717) is 26.2 Å². The summed E-state index contributed by atoms with van der Waals surface area (Å²) in [6.07, 6.45) is 1.60. The van der Waals surface area contributed by atoms with Gasteiger partial charge in [-0.3, -0.25) is 14.5 Å². The first-order valence-electron chi connectivity index (χ1n) is 8.87. The lowest BCUT2D eigenvalue weighted by atomic mass is 9.97. The van der Waals surface area contributed by atoms with Crippen LogP contribution in [0.1, 0.15) is 25.3 Å². The van der Waals surface area contributed by atoms with Crippen molar-refractivity contribution in [1.82, 2.24) is 9.80 Å². The lowest BCUT2D eigenvalue weighted by Gasteiger charge is -2.35. The quantitative estimate of drug-likeness (QED) is 0.809. The van der Waals surface area contributed by atoms with E-state index in [1.807, 2.05) is 50.1 Å². The van der Waals surface area contributed by atoms with Crippen LogP contribution in [0, 0.1) is 12.8 Å². The Morgan fingerprint density at radius 3 is 2.80 bits per heavy atom. The SMILES string of the molecule is Cc1ccccc1OCCN(C)[C@@H](C)C(=O)N1CCC[C@@H](C(N)=O)C1. The number of benzene rings is 1. The average Bonchev–Trinajstić information content (AvgIpc) is 2.62. The molecule has 0 unspecified atom stereocenters. The molecule has 2 N–H and O–H groups in total. The van der Waals surface area contributed by atoms with Gasteiger partial charge in [-0.2, -0.15) is 0 Å². The van der Waals surface area contributed by atoms with E-state index >= 15 is 0 Å². The first-order chi connectivity index (χ1) is 11.9. The molecule has 2 atom stereocenters. The zero-order chi connectivity index (χ0) is 18.4. The van der Waals surface area contributed by atoms with Crippen LogP contribution in [-0.4, -0.2) is 60.9 Å². The van der Waals surface area contributed by atoms with Crippen molar-refractivity contribution < 1.29 is 14.3 Å². The van der Waals surface area contributed by atoms with Crippen molar-refractivity contribution in [3.63, 3.8) is 0 Å². The molecule has 1 saturated heterocycles. The Labute approximate surface area is 149 Å². The van der Waals surface area contributed by atoms with Crippen LogP contribution >= 0.6 is 0 Å². The molecule has 0 bridgehead atoms. The molecule has 1 aromatic carbocycles. The topological polar surface area (TPSA) is 75.9 Å². The van der Waals surface area contributed by atoms with Gasteiger partial charge in [-0.25, -0.2) is 0 Å². The summed E-state index contributed by atoms with van der Waals surface area (Å²) in [6.45, 7) is 6.20. The van der Waals surface area contributed by atoms with Gasteiger partial charge in [0.15, 0.2) is 0 Å². The molecule has 6 heteroatoms. The number of para-hydroxylation sites is 1. The molecule has 6 nitrogen and oxygen atoms in total. The second-order valence-electron chi connectivity index (χ2n) is 6.80. The molecule has 0 radical (unpaired) electrons. The monoisotopic (exact) mass is 347 g/mol. The van der Waals surface area contributed by atoms with E-state index in [0.717, 1.165) is 24.2 Å². The number of ether oxygens (including phenoxy) is 1. The first kappa shape index (κ1) is 19.2. The molecule has 0 spiro atoms. The third-order valence-corrected chi connectivity index (χ3v) is 4.95. The molecule has 1 fully saturated rings. The highest BCUT2D eigenvalue weighted by atomic mass is 16.5. The van der Waals surface area contributed by atoms with Gasteiger partial charge in [0, 0.05) is 19.6 Å². The Bertz CT molecular complexity index is 605. The third-order valence-electron chi connectivity index (χ3n) is 4.95. The van der Waals surface area contributed by atoms with Crippen molar-refractivity contribution in [2.24, 2.45) is 11.7 Å². The number of rotatable bonds is 7. The van der Waals surface area contributed by atoms with Gasteiger partial charge in [0.05, 0.1) is 12.0 Å². The smallest absolute Gasteiger partial charge is 0.239 e.